The average molecular weight is 343 g/mol. The molecule has 2 aromatic rings. The third-order valence-corrected chi connectivity index (χ3v) is 4.90. The van der Waals surface area contributed by atoms with Crippen molar-refractivity contribution < 1.29 is 4.79 Å². The van der Waals surface area contributed by atoms with E-state index in [-0.39, 0.29) is 5.91 Å². The molecule has 1 aliphatic rings. The van der Waals surface area contributed by atoms with E-state index >= 15 is 0 Å². The third kappa shape index (κ3) is 3.41. The summed E-state index contributed by atoms with van der Waals surface area (Å²) >= 11 is 5.95. The van der Waals surface area contributed by atoms with Gasteiger partial charge < -0.3 is 9.80 Å². The zero-order chi connectivity index (χ0) is 17.3. The standard InChI is InChI=1S/C20H23ClN2O/c1-14-12-15(2)19(16(3)13-14)20(24)23-10-8-22(9-11-23)18-6-4-17(21)5-7-18/h4-7,12-13H,8-11H2,1-3H3. The number of anilines is 1. The Labute approximate surface area is 148 Å². The third-order valence-electron chi connectivity index (χ3n) is 4.65. The molecule has 1 fully saturated rings. The van der Waals surface area contributed by atoms with Crippen molar-refractivity contribution in [2.75, 3.05) is 31.1 Å². The van der Waals surface area contributed by atoms with E-state index in [2.05, 4.69) is 24.0 Å². The Bertz CT molecular complexity index is 724. The Morgan fingerprint density at radius 3 is 2.00 bits per heavy atom. The second-order valence-electron chi connectivity index (χ2n) is 6.53. The molecule has 126 valence electrons. The number of hydrogen-bond acceptors (Lipinski definition) is 2. The lowest BCUT2D eigenvalue weighted by atomic mass is 9.98. The normalized spacial score (nSPS) is 14.8. The molecule has 0 aliphatic carbocycles. The van der Waals surface area contributed by atoms with Crippen molar-refractivity contribution in [2.24, 2.45) is 0 Å². The van der Waals surface area contributed by atoms with Gasteiger partial charge in [-0.2, -0.15) is 0 Å². The minimum absolute atomic E-state index is 0.153. The molecule has 0 unspecified atom stereocenters. The number of benzene rings is 2. The maximum absolute atomic E-state index is 12.9. The van der Waals surface area contributed by atoms with E-state index in [0.29, 0.717) is 0 Å². The summed E-state index contributed by atoms with van der Waals surface area (Å²) in [6, 6.07) is 12.1. The van der Waals surface area contributed by atoms with E-state index in [1.54, 1.807) is 0 Å². The fraction of sp³-hybridized carbons (Fsp3) is 0.350. The molecule has 1 aliphatic heterocycles. The van der Waals surface area contributed by atoms with E-state index in [0.717, 1.165) is 53.6 Å². The van der Waals surface area contributed by atoms with Gasteiger partial charge in [-0.1, -0.05) is 29.3 Å². The van der Waals surface area contributed by atoms with Gasteiger partial charge in [0.05, 0.1) is 0 Å². The van der Waals surface area contributed by atoms with Crippen molar-refractivity contribution in [3.05, 3.63) is 63.7 Å². The van der Waals surface area contributed by atoms with E-state index < -0.39 is 0 Å². The lowest BCUT2D eigenvalue weighted by Crippen LogP contribution is -2.49. The van der Waals surface area contributed by atoms with Crippen LogP contribution in [-0.4, -0.2) is 37.0 Å². The van der Waals surface area contributed by atoms with Crippen LogP contribution in [0.3, 0.4) is 0 Å². The number of rotatable bonds is 2. The molecule has 1 heterocycles. The molecule has 24 heavy (non-hydrogen) atoms. The van der Waals surface area contributed by atoms with E-state index in [1.165, 1.54) is 5.56 Å². The highest BCUT2D eigenvalue weighted by Crippen LogP contribution is 2.22. The van der Waals surface area contributed by atoms with E-state index in [1.807, 2.05) is 43.0 Å². The summed E-state index contributed by atoms with van der Waals surface area (Å²) in [5.74, 6) is 0.153. The van der Waals surface area contributed by atoms with Crippen LogP contribution in [0, 0.1) is 20.8 Å². The average Bonchev–Trinajstić information content (AvgIpc) is 2.54. The van der Waals surface area contributed by atoms with Gasteiger partial charge in [0, 0.05) is 42.5 Å². The molecule has 3 nitrogen and oxygen atoms in total. The molecular formula is C20H23ClN2O. The lowest BCUT2D eigenvalue weighted by Gasteiger charge is -2.36. The van der Waals surface area contributed by atoms with Gasteiger partial charge >= 0.3 is 0 Å². The molecule has 1 saturated heterocycles. The van der Waals surface area contributed by atoms with Gasteiger partial charge in [-0.05, 0) is 56.2 Å². The summed E-state index contributed by atoms with van der Waals surface area (Å²) in [7, 11) is 0. The topological polar surface area (TPSA) is 23.6 Å². The van der Waals surface area contributed by atoms with Crippen LogP contribution in [0.15, 0.2) is 36.4 Å². The molecule has 0 atom stereocenters. The van der Waals surface area contributed by atoms with Gasteiger partial charge in [0.15, 0.2) is 0 Å². The zero-order valence-electron chi connectivity index (χ0n) is 14.5. The van der Waals surface area contributed by atoms with Gasteiger partial charge in [0.25, 0.3) is 5.91 Å². The van der Waals surface area contributed by atoms with Gasteiger partial charge in [-0.15, -0.1) is 0 Å². The molecule has 0 radical (unpaired) electrons. The first-order valence-electron chi connectivity index (χ1n) is 8.33. The molecule has 0 saturated carbocycles. The summed E-state index contributed by atoms with van der Waals surface area (Å²) in [5.41, 5.74) is 5.36. The second kappa shape index (κ2) is 6.86. The summed E-state index contributed by atoms with van der Waals surface area (Å²) in [6.45, 7) is 9.30. The van der Waals surface area contributed by atoms with E-state index in [4.69, 9.17) is 11.6 Å². The first-order chi connectivity index (χ1) is 11.5. The lowest BCUT2D eigenvalue weighted by molar-refractivity contribution is 0.0745. The summed E-state index contributed by atoms with van der Waals surface area (Å²) < 4.78 is 0. The molecule has 0 spiro atoms. The van der Waals surface area contributed by atoms with Crippen molar-refractivity contribution in [3.63, 3.8) is 0 Å². The summed E-state index contributed by atoms with van der Waals surface area (Å²) in [5, 5.41) is 0.748. The Balaban J connectivity index is 1.70. The predicted molar refractivity (Wildman–Crippen MR) is 100 cm³/mol. The number of aryl methyl sites for hydroxylation is 3. The molecule has 0 bridgehead atoms. The molecule has 1 amide bonds. The highest BCUT2D eigenvalue weighted by molar-refractivity contribution is 6.30. The Kier molecular flexibility index (Phi) is 4.81. The first-order valence-corrected chi connectivity index (χ1v) is 8.71. The molecule has 2 aromatic carbocycles. The monoisotopic (exact) mass is 342 g/mol. The van der Waals surface area contributed by atoms with Crippen molar-refractivity contribution in [3.8, 4) is 0 Å². The number of nitrogens with zero attached hydrogens (tertiary/aromatic N) is 2. The SMILES string of the molecule is Cc1cc(C)c(C(=O)N2CCN(c3ccc(Cl)cc3)CC2)c(C)c1. The van der Waals surface area contributed by atoms with Crippen molar-refractivity contribution >= 4 is 23.2 Å². The van der Waals surface area contributed by atoms with Crippen LogP contribution in [0.1, 0.15) is 27.0 Å². The Morgan fingerprint density at radius 1 is 0.917 bits per heavy atom. The number of amides is 1. The maximum Gasteiger partial charge on any atom is 0.254 e. The van der Waals surface area contributed by atoms with Crippen molar-refractivity contribution in [1.82, 2.24) is 4.90 Å². The second-order valence-corrected chi connectivity index (χ2v) is 6.97. The highest BCUT2D eigenvalue weighted by Gasteiger charge is 2.24. The molecule has 0 N–H and O–H groups in total. The van der Waals surface area contributed by atoms with Gasteiger partial charge in [0.2, 0.25) is 0 Å². The number of carbonyl (C=O) groups excluding carboxylic acids is 1. The highest BCUT2D eigenvalue weighted by atomic mass is 35.5. The Hall–Kier alpha value is -2.00. The molecule has 3 rings (SSSR count). The predicted octanol–water partition coefficient (Wildman–Crippen LogP) is 4.23. The van der Waals surface area contributed by atoms with E-state index in [9.17, 15) is 4.79 Å². The van der Waals surface area contributed by atoms with Gasteiger partial charge in [0.1, 0.15) is 0 Å². The van der Waals surface area contributed by atoms with Gasteiger partial charge in [-0.25, -0.2) is 0 Å². The van der Waals surface area contributed by atoms with Crippen LogP contribution in [0.2, 0.25) is 5.02 Å². The maximum atomic E-state index is 12.9. The number of halogens is 1. The summed E-state index contributed by atoms with van der Waals surface area (Å²) in [6.07, 6.45) is 0. The summed E-state index contributed by atoms with van der Waals surface area (Å²) in [4.78, 5) is 17.2. The van der Waals surface area contributed by atoms with Crippen molar-refractivity contribution in [1.29, 1.82) is 0 Å². The van der Waals surface area contributed by atoms with Crippen LogP contribution < -0.4 is 4.90 Å². The molecular weight excluding hydrogens is 320 g/mol. The van der Waals surface area contributed by atoms with Crippen molar-refractivity contribution in [2.45, 2.75) is 20.8 Å². The van der Waals surface area contributed by atoms with Crippen LogP contribution >= 0.6 is 11.6 Å². The number of hydrogen-bond donors (Lipinski definition) is 0. The van der Waals surface area contributed by atoms with Gasteiger partial charge in [-0.3, -0.25) is 4.79 Å². The minimum atomic E-state index is 0.153. The minimum Gasteiger partial charge on any atom is -0.368 e. The molecule has 0 aromatic heterocycles. The van der Waals surface area contributed by atoms with Crippen LogP contribution in [0.25, 0.3) is 0 Å². The largest absolute Gasteiger partial charge is 0.368 e. The quantitative estimate of drug-likeness (QED) is 0.815. The molecule has 4 heteroatoms. The smallest absolute Gasteiger partial charge is 0.254 e. The van der Waals surface area contributed by atoms with Crippen LogP contribution in [-0.2, 0) is 0 Å². The first kappa shape index (κ1) is 16.8. The fourth-order valence-electron chi connectivity index (χ4n) is 3.50. The van der Waals surface area contributed by atoms with Crippen LogP contribution in [0.4, 0.5) is 5.69 Å². The fourth-order valence-corrected chi connectivity index (χ4v) is 3.62. The number of carbonyl (C=O) groups is 1. The number of piperazine rings is 1. The Morgan fingerprint density at radius 2 is 1.46 bits per heavy atom. The van der Waals surface area contributed by atoms with Crippen LogP contribution in [0.5, 0.6) is 0 Å². The zero-order valence-corrected chi connectivity index (χ0v) is 15.2.